The van der Waals surface area contributed by atoms with Crippen molar-refractivity contribution in [3.63, 3.8) is 0 Å². The van der Waals surface area contributed by atoms with Crippen LogP contribution in [0.25, 0.3) is 0 Å². The molecular weight excluding hydrogens is 520 g/mol. The van der Waals surface area contributed by atoms with Crippen LogP contribution < -0.4 is 16.0 Å². The Hall–Kier alpha value is -3.07. The molecule has 0 aromatic heterocycles. The average molecular weight is 559 g/mol. The van der Waals surface area contributed by atoms with Crippen molar-refractivity contribution in [1.82, 2.24) is 15.5 Å². The minimum absolute atomic E-state index is 0.152. The number of hydrogen-bond donors (Lipinski definition) is 3. The number of carbonyl (C=O) groups is 4. The van der Waals surface area contributed by atoms with Gasteiger partial charge >= 0.3 is 6.09 Å². The molecule has 1 saturated carbocycles. The zero-order valence-corrected chi connectivity index (χ0v) is 23.7. The molecule has 1 aliphatic carbocycles. The van der Waals surface area contributed by atoms with Gasteiger partial charge in [0.1, 0.15) is 23.2 Å². The average Bonchev–Trinajstić information content (AvgIpc) is 3.32. The van der Waals surface area contributed by atoms with E-state index in [1.54, 1.807) is 49.9 Å². The molecule has 0 spiro atoms. The minimum Gasteiger partial charge on any atom is -0.444 e. The molecule has 3 aliphatic rings. The van der Waals surface area contributed by atoms with Crippen LogP contribution in [0.2, 0.25) is 5.02 Å². The van der Waals surface area contributed by atoms with Gasteiger partial charge in [0.05, 0.1) is 10.7 Å². The van der Waals surface area contributed by atoms with Gasteiger partial charge in [-0.2, -0.15) is 0 Å². The third-order valence-electron chi connectivity index (χ3n) is 7.45. The van der Waals surface area contributed by atoms with Crippen molar-refractivity contribution in [3.8, 4) is 0 Å². The monoisotopic (exact) mass is 558 g/mol. The topological polar surface area (TPSA) is 117 Å². The molecule has 4 atom stereocenters. The Balaban J connectivity index is 1.55. The summed E-state index contributed by atoms with van der Waals surface area (Å²) in [6, 6.07) is 5.45. The number of para-hydroxylation sites is 1. The number of ether oxygens (including phenoxy) is 1. The Kier molecular flexibility index (Phi) is 8.89. The van der Waals surface area contributed by atoms with Crippen LogP contribution in [0.4, 0.5) is 10.5 Å². The predicted molar refractivity (Wildman–Crippen MR) is 149 cm³/mol. The lowest BCUT2D eigenvalue weighted by atomic mass is 10.0. The van der Waals surface area contributed by atoms with Gasteiger partial charge in [0, 0.05) is 12.5 Å². The number of hydrogen-bond acceptors (Lipinski definition) is 5. The van der Waals surface area contributed by atoms with Crippen LogP contribution in [-0.2, 0) is 19.1 Å². The largest absolute Gasteiger partial charge is 0.444 e. The van der Waals surface area contributed by atoms with Crippen LogP contribution in [0.5, 0.6) is 0 Å². The van der Waals surface area contributed by atoms with Crippen molar-refractivity contribution in [2.24, 2.45) is 5.92 Å². The summed E-state index contributed by atoms with van der Waals surface area (Å²) < 4.78 is 5.40. The predicted octanol–water partition coefficient (Wildman–Crippen LogP) is 4.56. The standard InChI is InChI=1S/C29H39ClN4O5/c1-28(2,3)39-27(38)32-22-15-8-6-4-5-7-12-19-18-29(19,26(37)31-21-14-10-9-13-20(21)30)33-24(35)23-16-11-17-34(23)25(22)36/h7,9-10,12-14,19,22-23H,4-6,8,11,15-18H2,1-3H3,(H,31,37)(H,32,38)(H,33,35)/t19-,22+,23+,29-/m1/s1. The molecule has 0 radical (unpaired) electrons. The number of fused-ring (bicyclic) bond motifs is 2. The summed E-state index contributed by atoms with van der Waals surface area (Å²) in [6.07, 6.45) is 8.84. The molecule has 10 heteroatoms. The highest BCUT2D eigenvalue weighted by Crippen LogP contribution is 2.46. The number of halogens is 1. The van der Waals surface area contributed by atoms with Crippen LogP contribution in [0.15, 0.2) is 36.4 Å². The number of nitrogens with zero attached hydrogens (tertiary/aromatic N) is 1. The van der Waals surface area contributed by atoms with E-state index in [1.165, 1.54) is 0 Å². The third kappa shape index (κ3) is 7.12. The molecule has 4 amide bonds. The highest BCUT2D eigenvalue weighted by atomic mass is 35.5. The van der Waals surface area contributed by atoms with Gasteiger partial charge in [0.25, 0.3) is 5.91 Å². The van der Waals surface area contributed by atoms with Crippen molar-refractivity contribution in [2.45, 2.75) is 95.4 Å². The fourth-order valence-electron chi connectivity index (χ4n) is 5.34. The van der Waals surface area contributed by atoms with Gasteiger partial charge in [-0.05, 0) is 71.4 Å². The Morgan fingerprint density at radius 2 is 1.87 bits per heavy atom. The number of alkyl carbamates (subject to hydrolysis) is 1. The molecule has 1 saturated heterocycles. The highest BCUT2D eigenvalue weighted by molar-refractivity contribution is 6.33. The maximum atomic E-state index is 13.7. The highest BCUT2D eigenvalue weighted by Gasteiger charge is 2.60. The fourth-order valence-corrected chi connectivity index (χ4v) is 5.52. The van der Waals surface area contributed by atoms with Crippen molar-refractivity contribution >= 4 is 41.1 Å². The molecule has 1 aromatic carbocycles. The Labute approximate surface area is 235 Å². The van der Waals surface area contributed by atoms with Gasteiger partial charge < -0.3 is 25.6 Å². The zero-order valence-electron chi connectivity index (χ0n) is 22.9. The van der Waals surface area contributed by atoms with Crippen LogP contribution in [-0.4, -0.2) is 58.5 Å². The van der Waals surface area contributed by atoms with E-state index in [9.17, 15) is 19.2 Å². The normalized spacial score (nSPS) is 27.8. The smallest absolute Gasteiger partial charge is 0.408 e. The number of anilines is 1. The van der Waals surface area contributed by atoms with Gasteiger partial charge in [0.2, 0.25) is 11.8 Å². The molecule has 0 bridgehead atoms. The molecule has 4 rings (SSSR count). The van der Waals surface area contributed by atoms with Gasteiger partial charge in [-0.1, -0.05) is 48.7 Å². The van der Waals surface area contributed by atoms with E-state index >= 15 is 0 Å². The van der Waals surface area contributed by atoms with E-state index in [0.717, 1.165) is 25.7 Å². The lowest BCUT2D eigenvalue weighted by Gasteiger charge is -2.30. The SMILES string of the molecule is CC(C)(C)OC(=O)N[C@H]1CCCCCC=C[C@@H]2C[C@@]2(C(=O)Nc2ccccc2Cl)NC(=O)[C@@H]2CCCN2C1=O. The van der Waals surface area contributed by atoms with Gasteiger partial charge in [0.15, 0.2) is 0 Å². The quantitative estimate of drug-likeness (QED) is 0.470. The molecule has 0 unspecified atom stereocenters. The molecule has 2 heterocycles. The van der Waals surface area contributed by atoms with E-state index in [2.05, 4.69) is 22.0 Å². The molecule has 39 heavy (non-hydrogen) atoms. The maximum Gasteiger partial charge on any atom is 0.408 e. The lowest BCUT2D eigenvalue weighted by molar-refractivity contribution is -0.141. The summed E-state index contributed by atoms with van der Waals surface area (Å²) >= 11 is 6.26. The number of rotatable bonds is 3. The fraction of sp³-hybridized carbons (Fsp3) is 0.586. The number of allylic oxidation sites excluding steroid dienone is 1. The van der Waals surface area contributed by atoms with Crippen molar-refractivity contribution in [1.29, 1.82) is 0 Å². The summed E-state index contributed by atoms with van der Waals surface area (Å²) in [5.74, 6) is -1.14. The first-order valence-electron chi connectivity index (χ1n) is 13.8. The second kappa shape index (κ2) is 12.0. The van der Waals surface area contributed by atoms with Crippen LogP contribution in [0.1, 0.15) is 72.1 Å². The first-order chi connectivity index (χ1) is 18.5. The Morgan fingerprint density at radius 3 is 2.62 bits per heavy atom. The minimum atomic E-state index is -1.11. The van der Waals surface area contributed by atoms with Crippen molar-refractivity contribution in [3.05, 3.63) is 41.4 Å². The summed E-state index contributed by atoms with van der Waals surface area (Å²) in [7, 11) is 0. The van der Waals surface area contributed by atoms with Gasteiger partial charge in [-0.25, -0.2) is 4.79 Å². The maximum absolute atomic E-state index is 13.7. The van der Waals surface area contributed by atoms with Crippen LogP contribution >= 0.6 is 11.6 Å². The number of benzene rings is 1. The first-order valence-corrected chi connectivity index (χ1v) is 14.2. The van der Waals surface area contributed by atoms with Gasteiger partial charge in [-0.3, -0.25) is 14.4 Å². The molecule has 9 nitrogen and oxygen atoms in total. The summed E-state index contributed by atoms with van der Waals surface area (Å²) in [5, 5.41) is 9.04. The first kappa shape index (κ1) is 28.9. The lowest BCUT2D eigenvalue weighted by Crippen LogP contribution is -2.57. The second-order valence-electron chi connectivity index (χ2n) is 11.7. The van der Waals surface area contributed by atoms with Crippen LogP contribution in [0.3, 0.4) is 0 Å². The summed E-state index contributed by atoms with van der Waals surface area (Å²) in [5.41, 5.74) is -1.33. The third-order valence-corrected chi connectivity index (χ3v) is 7.78. The van der Waals surface area contributed by atoms with E-state index in [0.29, 0.717) is 42.9 Å². The number of nitrogens with one attached hydrogen (secondary N) is 3. The zero-order chi connectivity index (χ0) is 28.2. The summed E-state index contributed by atoms with van der Waals surface area (Å²) in [4.78, 5) is 54.9. The molecule has 1 aromatic rings. The number of carbonyl (C=O) groups excluding carboxylic acids is 4. The molecule has 2 fully saturated rings. The second-order valence-corrected chi connectivity index (χ2v) is 12.1. The molecule has 212 valence electrons. The Morgan fingerprint density at radius 1 is 1.10 bits per heavy atom. The van der Waals surface area contributed by atoms with E-state index in [1.807, 2.05) is 6.08 Å². The van der Waals surface area contributed by atoms with E-state index < -0.39 is 29.3 Å². The van der Waals surface area contributed by atoms with E-state index in [-0.39, 0.29) is 23.6 Å². The van der Waals surface area contributed by atoms with Gasteiger partial charge in [-0.15, -0.1) is 0 Å². The Bertz CT molecular complexity index is 1130. The van der Waals surface area contributed by atoms with Crippen molar-refractivity contribution in [2.75, 3.05) is 11.9 Å². The number of amides is 4. The van der Waals surface area contributed by atoms with Crippen molar-refractivity contribution < 1.29 is 23.9 Å². The van der Waals surface area contributed by atoms with E-state index in [4.69, 9.17) is 16.3 Å². The molecule has 3 N–H and O–H groups in total. The van der Waals surface area contributed by atoms with Crippen LogP contribution in [0, 0.1) is 5.92 Å². The summed E-state index contributed by atoms with van der Waals surface area (Å²) in [6.45, 7) is 5.71. The molecule has 2 aliphatic heterocycles. The molecular formula is C29H39ClN4O5.